The third kappa shape index (κ3) is 5.27. The number of aliphatic imine (C=N–C) groups is 1. The van der Waals surface area contributed by atoms with Gasteiger partial charge in [0.25, 0.3) is 11.6 Å². The van der Waals surface area contributed by atoms with Gasteiger partial charge in [0.05, 0.1) is 29.7 Å². The van der Waals surface area contributed by atoms with Crippen molar-refractivity contribution in [3.63, 3.8) is 0 Å². The van der Waals surface area contributed by atoms with E-state index >= 15 is 0 Å². The second-order valence-electron chi connectivity index (χ2n) is 8.98. The van der Waals surface area contributed by atoms with Crippen LogP contribution in [0.25, 0.3) is 0 Å². The first-order valence-electron chi connectivity index (χ1n) is 11.1. The first kappa shape index (κ1) is 23.8. The van der Waals surface area contributed by atoms with Gasteiger partial charge in [-0.3, -0.25) is 24.7 Å². The molecule has 1 amide bonds. The lowest BCUT2D eigenvalue weighted by atomic mass is 9.85. The quantitative estimate of drug-likeness (QED) is 0.287. The minimum absolute atomic E-state index is 0.0373. The average molecular weight is 472 g/mol. The van der Waals surface area contributed by atoms with E-state index in [1.807, 2.05) is 32.0 Å². The van der Waals surface area contributed by atoms with Crippen LogP contribution in [0.2, 0.25) is 0 Å². The van der Waals surface area contributed by atoms with Gasteiger partial charge in [0.1, 0.15) is 11.3 Å². The number of carbonyl (C=O) groups is 2. The van der Waals surface area contributed by atoms with E-state index in [1.165, 1.54) is 18.2 Å². The van der Waals surface area contributed by atoms with Crippen molar-refractivity contribution in [2.75, 3.05) is 12.4 Å². The number of ketones is 1. The molecule has 35 heavy (non-hydrogen) atoms. The van der Waals surface area contributed by atoms with E-state index in [0.29, 0.717) is 22.7 Å². The fraction of sp³-hybridized carbons (Fsp3) is 0.222. The molecule has 0 aromatic heterocycles. The molecule has 1 heterocycles. The molecule has 0 aliphatic carbocycles. The standard InChI is InChI=1S/C27H25N3O5/c1-27(2)16-18-10-13-20(35-3)14-22(18)23(29-27)15-25(31)17-8-11-19(12-9-17)28-26(32)21-6-4-5-7-24(21)30(33)34/h4-14H,15-16H2,1-3H3,(H,28,32). The van der Waals surface area contributed by atoms with Crippen LogP contribution in [0.3, 0.4) is 0 Å². The first-order chi connectivity index (χ1) is 16.7. The predicted molar refractivity (Wildman–Crippen MR) is 134 cm³/mol. The number of nitro groups is 1. The van der Waals surface area contributed by atoms with Crippen LogP contribution in [0.5, 0.6) is 5.75 Å². The number of hydrogen-bond acceptors (Lipinski definition) is 6. The maximum atomic E-state index is 13.1. The summed E-state index contributed by atoms with van der Waals surface area (Å²) in [6, 6.07) is 18.0. The fourth-order valence-corrected chi connectivity index (χ4v) is 4.19. The number of amides is 1. The lowest BCUT2D eigenvalue weighted by Gasteiger charge is -2.29. The summed E-state index contributed by atoms with van der Waals surface area (Å²) in [7, 11) is 1.60. The SMILES string of the molecule is COc1ccc2c(c1)C(CC(=O)c1ccc(NC(=O)c3ccccc3[N+](=O)[O-])cc1)=NC(C)(C)C2. The maximum absolute atomic E-state index is 13.1. The van der Waals surface area contributed by atoms with Gasteiger partial charge in [-0.15, -0.1) is 0 Å². The number of nitro benzene ring substituents is 1. The van der Waals surface area contributed by atoms with Crippen molar-refractivity contribution in [1.29, 1.82) is 0 Å². The van der Waals surface area contributed by atoms with Crippen molar-refractivity contribution in [3.05, 3.63) is 99.1 Å². The molecule has 0 atom stereocenters. The van der Waals surface area contributed by atoms with Crippen molar-refractivity contribution in [2.45, 2.75) is 32.2 Å². The highest BCUT2D eigenvalue weighted by molar-refractivity contribution is 6.17. The van der Waals surface area contributed by atoms with Crippen LogP contribution < -0.4 is 10.1 Å². The summed E-state index contributed by atoms with van der Waals surface area (Å²) in [5.74, 6) is 0.00914. The molecule has 8 heteroatoms. The van der Waals surface area contributed by atoms with Gasteiger partial charge in [-0.25, -0.2) is 0 Å². The lowest BCUT2D eigenvalue weighted by molar-refractivity contribution is -0.385. The number of hydrogen-bond donors (Lipinski definition) is 1. The van der Waals surface area contributed by atoms with Crippen molar-refractivity contribution < 1.29 is 19.2 Å². The largest absolute Gasteiger partial charge is 0.497 e. The number of fused-ring (bicyclic) bond motifs is 1. The Bertz CT molecular complexity index is 1340. The average Bonchev–Trinajstić information content (AvgIpc) is 2.83. The lowest BCUT2D eigenvalue weighted by Crippen LogP contribution is -2.30. The van der Waals surface area contributed by atoms with Crippen LogP contribution >= 0.6 is 0 Å². The van der Waals surface area contributed by atoms with Crippen molar-refractivity contribution in [1.82, 2.24) is 0 Å². The Morgan fingerprint density at radius 3 is 2.49 bits per heavy atom. The summed E-state index contributed by atoms with van der Waals surface area (Å²) in [5, 5.41) is 13.8. The molecule has 1 N–H and O–H groups in total. The Hall–Kier alpha value is -4.33. The molecule has 0 saturated heterocycles. The molecule has 3 aromatic carbocycles. The summed E-state index contributed by atoms with van der Waals surface area (Å²) in [5.41, 5.74) is 3.04. The van der Waals surface area contributed by atoms with Crippen molar-refractivity contribution >= 4 is 28.8 Å². The van der Waals surface area contributed by atoms with Crippen molar-refractivity contribution in [2.24, 2.45) is 4.99 Å². The number of rotatable bonds is 7. The van der Waals surface area contributed by atoms with Gasteiger partial charge >= 0.3 is 0 Å². The van der Waals surface area contributed by atoms with Crippen LogP contribution in [0.1, 0.15) is 52.1 Å². The van der Waals surface area contributed by atoms with E-state index in [4.69, 9.17) is 9.73 Å². The number of Topliss-reactive ketones (excluding diaryl/α,β-unsaturated/α-hetero) is 1. The minimum Gasteiger partial charge on any atom is -0.497 e. The Morgan fingerprint density at radius 1 is 1.09 bits per heavy atom. The Kier molecular flexibility index (Phi) is 6.46. The van der Waals surface area contributed by atoms with E-state index in [9.17, 15) is 19.7 Å². The molecule has 0 spiro atoms. The fourth-order valence-electron chi connectivity index (χ4n) is 4.19. The molecule has 178 valence electrons. The zero-order valence-electron chi connectivity index (χ0n) is 19.7. The molecule has 0 fully saturated rings. The highest BCUT2D eigenvalue weighted by atomic mass is 16.6. The van der Waals surface area contributed by atoms with E-state index < -0.39 is 10.8 Å². The third-order valence-corrected chi connectivity index (χ3v) is 5.83. The molecular formula is C27H25N3O5. The van der Waals surface area contributed by atoms with E-state index in [0.717, 1.165) is 17.5 Å². The number of carbonyl (C=O) groups excluding carboxylic acids is 2. The van der Waals surface area contributed by atoms with Crippen LogP contribution in [-0.2, 0) is 6.42 Å². The number of nitrogens with zero attached hydrogens (tertiary/aromatic N) is 2. The summed E-state index contributed by atoms with van der Waals surface area (Å²) in [4.78, 5) is 41.1. The monoisotopic (exact) mass is 471 g/mol. The van der Waals surface area contributed by atoms with Gasteiger partial charge in [0.15, 0.2) is 5.78 Å². The van der Waals surface area contributed by atoms with Crippen LogP contribution in [0.15, 0.2) is 71.7 Å². The van der Waals surface area contributed by atoms with Gasteiger partial charge in [-0.2, -0.15) is 0 Å². The number of ether oxygens (including phenoxy) is 1. The molecule has 0 saturated carbocycles. The third-order valence-electron chi connectivity index (χ3n) is 5.83. The highest BCUT2D eigenvalue weighted by Crippen LogP contribution is 2.31. The van der Waals surface area contributed by atoms with E-state index in [2.05, 4.69) is 5.32 Å². The molecular weight excluding hydrogens is 446 g/mol. The number of anilines is 1. The molecule has 1 aliphatic rings. The van der Waals surface area contributed by atoms with Gasteiger partial charge in [0, 0.05) is 22.9 Å². The molecule has 3 aromatic rings. The summed E-state index contributed by atoms with van der Waals surface area (Å²) >= 11 is 0. The Balaban J connectivity index is 1.51. The van der Waals surface area contributed by atoms with Gasteiger partial charge in [-0.1, -0.05) is 18.2 Å². The summed E-state index contributed by atoms with van der Waals surface area (Å²) < 4.78 is 5.36. The molecule has 0 radical (unpaired) electrons. The number of benzene rings is 3. The maximum Gasteiger partial charge on any atom is 0.282 e. The smallest absolute Gasteiger partial charge is 0.282 e. The second-order valence-corrected chi connectivity index (χ2v) is 8.98. The van der Waals surface area contributed by atoms with E-state index in [-0.39, 0.29) is 29.0 Å². The molecule has 4 rings (SSSR count). The van der Waals surface area contributed by atoms with Gasteiger partial charge < -0.3 is 10.1 Å². The number of methoxy groups -OCH3 is 1. The zero-order valence-corrected chi connectivity index (χ0v) is 19.7. The Morgan fingerprint density at radius 2 is 1.80 bits per heavy atom. The molecule has 0 bridgehead atoms. The minimum atomic E-state index is -0.598. The van der Waals surface area contributed by atoms with Crippen LogP contribution in [-0.4, -0.2) is 35.0 Å². The van der Waals surface area contributed by atoms with E-state index in [1.54, 1.807) is 37.4 Å². The number of nitrogens with one attached hydrogen (secondary N) is 1. The number of para-hydroxylation sites is 1. The zero-order chi connectivity index (χ0) is 25.2. The first-order valence-corrected chi connectivity index (χ1v) is 11.1. The normalized spacial score (nSPS) is 13.9. The van der Waals surface area contributed by atoms with Crippen LogP contribution in [0.4, 0.5) is 11.4 Å². The molecule has 1 aliphatic heterocycles. The topological polar surface area (TPSA) is 111 Å². The summed E-state index contributed by atoms with van der Waals surface area (Å²) in [6.07, 6.45) is 0.906. The van der Waals surface area contributed by atoms with Crippen molar-refractivity contribution in [3.8, 4) is 5.75 Å². The Labute approximate surface area is 202 Å². The highest BCUT2D eigenvalue weighted by Gasteiger charge is 2.28. The van der Waals surface area contributed by atoms with Gasteiger partial charge in [0.2, 0.25) is 0 Å². The summed E-state index contributed by atoms with van der Waals surface area (Å²) in [6.45, 7) is 4.08. The predicted octanol–water partition coefficient (Wildman–Crippen LogP) is 5.25. The second kappa shape index (κ2) is 9.50. The molecule has 0 unspecified atom stereocenters. The molecule has 8 nitrogen and oxygen atoms in total. The van der Waals surface area contributed by atoms with Gasteiger partial charge in [-0.05, 0) is 68.3 Å². The van der Waals surface area contributed by atoms with Crippen LogP contribution in [0, 0.1) is 10.1 Å².